The van der Waals surface area contributed by atoms with Gasteiger partial charge < -0.3 is 0 Å². The molecule has 0 saturated heterocycles. The quantitative estimate of drug-likeness (QED) is 0.572. The first-order valence-electron chi connectivity index (χ1n) is 6.42. The molecule has 0 aliphatic heterocycles. The van der Waals surface area contributed by atoms with Crippen LogP contribution in [0.25, 0.3) is 0 Å². The van der Waals surface area contributed by atoms with Crippen LogP contribution >= 0.6 is 23.2 Å². The van der Waals surface area contributed by atoms with E-state index in [1.54, 1.807) is 55.5 Å². The number of nitrogens with one attached hydrogen (secondary N) is 3. The number of anilines is 2. The molecule has 3 N–H and O–H groups in total. The standard InChI is InChI=1S/C15H14Cl2N4O/c1-10(18-19-13-6-2-11(16)3-7-13)15(22)21-20-14-8-4-12(17)5-9-14/h2-9,19-20H,1H3,(H,21,22)/b18-10-. The molecular formula is C15H14Cl2N4O. The second-order valence-electron chi connectivity index (χ2n) is 4.40. The lowest BCUT2D eigenvalue weighted by Gasteiger charge is -2.08. The number of hydrogen-bond donors (Lipinski definition) is 3. The predicted molar refractivity (Wildman–Crippen MR) is 91.4 cm³/mol. The molecule has 7 heteroatoms. The highest BCUT2D eigenvalue weighted by Gasteiger charge is 2.05. The minimum absolute atomic E-state index is 0.274. The van der Waals surface area contributed by atoms with Crippen molar-refractivity contribution in [3.8, 4) is 0 Å². The Balaban J connectivity index is 1.87. The zero-order valence-electron chi connectivity index (χ0n) is 11.7. The van der Waals surface area contributed by atoms with E-state index in [0.717, 1.165) is 11.4 Å². The summed E-state index contributed by atoms with van der Waals surface area (Å²) in [6.45, 7) is 1.60. The number of rotatable bonds is 5. The fraction of sp³-hybridized carbons (Fsp3) is 0.0667. The predicted octanol–water partition coefficient (Wildman–Crippen LogP) is 3.92. The number of nitrogens with zero attached hydrogens (tertiary/aromatic N) is 1. The van der Waals surface area contributed by atoms with Crippen molar-refractivity contribution in [1.29, 1.82) is 0 Å². The number of hydrogen-bond acceptors (Lipinski definition) is 4. The average molecular weight is 337 g/mol. The minimum Gasteiger partial charge on any atom is -0.298 e. The molecule has 0 atom stereocenters. The molecule has 0 saturated carbocycles. The number of amides is 1. The smallest absolute Gasteiger partial charge is 0.285 e. The summed E-state index contributed by atoms with van der Waals surface area (Å²) in [5, 5.41) is 5.26. The molecule has 2 aromatic rings. The molecule has 0 unspecified atom stereocenters. The van der Waals surface area contributed by atoms with E-state index >= 15 is 0 Å². The molecule has 0 aliphatic carbocycles. The van der Waals surface area contributed by atoms with Crippen molar-refractivity contribution in [3.63, 3.8) is 0 Å². The Morgan fingerprint density at radius 3 is 1.95 bits per heavy atom. The van der Waals surface area contributed by atoms with Gasteiger partial charge in [-0.2, -0.15) is 5.10 Å². The second kappa shape index (κ2) is 7.68. The molecule has 2 aromatic carbocycles. The van der Waals surface area contributed by atoms with E-state index in [-0.39, 0.29) is 11.6 Å². The van der Waals surface area contributed by atoms with Crippen LogP contribution in [0.4, 0.5) is 11.4 Å². The molecular weight excluding hydrogens is 323 g/mol. The van der Waals surface area contributed by atoms with Crippen LogP contribution in [0.2, 0.25) is 10.0 Å². The van der Waals surface area contributed by atoms with Crippen molar-refractivity contribution in [1.82, 2.24) is 5.43 Å². The SMILES string of the molecule is C/C(=N/Nc1ccc(Cl)cc1)C(=O)NNc1ccc(Cl)cc1. The van der Waals surface area contributed by atoms with E-state index in [1.807, 2.05) is 0 Å². The lowest BCUT2D eigenvalue weighted by molar-refractivity contribution is -0.114. The van der Waals surface area contributed by atoms with Crippen LogP contribution in [0.3, 0.4) is 0 Å². The van der Waals surface area contributed by atoms with Crippen LogP contribution in [0, 0.1) is 0 Å². The maximum atomic E-state index is 11.9. The maximum absolute atomic E-state index is 11.9. The van der Waals surface area contributed by atoms with Gasteiger partial charge in [0.25, 0.3) is 5.91 Å². The number of hydrazine groups is 1. The number of carbonyl (C=O) groups excluding carboxylic acids is 1. The summed E-state index contributed by atoms with van der Waals surface area (Å²) in [6, 6.07) is 13.9. The summed E-state index contributed by atoms with van der Waals surface area (Å²) < 4.78 is 0. The van der Waals surface area contributed by atoms with E-state index in [9.17, 15) is 4.79 Å². The largest absolute Gasteiger partial charge is 0.298 e. The van der Waals surface area contributed by atoms with Crippen molar-refractivity contribution < 1.29 is 4.79 Å². The monoisotopic (exact) mass is 336 g/mol. The third-order valence-electron chi connectivity index (χ3n) is 2.69. The first-order valence-corrected chi connectivity index (χ1v) is 7.18. The molecule has 0 radical (unpaired) electrons. The van der Waals surface area contributed by atoms with Gasteiger partial charge >= 0.3 is 0 Å². The molecule has 22 heavy (non-hydrogen) atoms. The Labute approximate surface area is 138 Å². The number of carbonyl (C=O) groups is 1. The molecule has 0 heterocycles. The summed E-state index contributed by atoms with van der Waals surface area (Å²) in [4.78, 5) is 11.9. The molecule has 2 rings (SSSR count). The normalized spacial score (nSPS) is 11.0. The van der Waals surface area contributed by atoms with Gasteiger partial charge in [-0.1, -0.05) is 23.2 Å². The van der Waals surface area contributed by atoms with Crippen molar-refractivity contribution >= 4 is 46.2 Å². The Kier molecular flexibility index (Phi) is 5.63. The summed E-state index contributed by atoms with van der Waals surface area (Å²) >= 11 is 11.6. The number of hydrazone groups is 1. The van der Waals surface area contributed by atoms with Crippen molar-refractivity contribution in [3.05, 3.63) is 58.6 Å². The Morgan fingerprint density at radius 2 is 1.41 bits per heavy atom. The molecule has 0 aliphatic rings. The highest BCUT2D eigenvalue weighted by atomic mass is 35.5. The van der Waals surface area contributed by atoms with E-state index in [1.165, 1.54) is 0 Å². The lowest BCUT2D eigenvalue weighted by atomic mass is 10.3. The van der Waals surface area contributed by atoms with E-state index in [2.05, 4.69) is 21.4 Å². The summed E-state index contributed by atoms with van der Waals surface area (Å²) in [5.41, 5.74) is 9.83. The Hall–Kier alpha value is -2.24. The molecule has 5 nitrogen and oxygen atoms in total. The summed E-state index contributed by atoms with van der Waals surface area (Å²) in [7, 11) is 0. The van der Waals surface area contributed by atoms with Gasteiger partial charge in [-0.25, -0.2) is 0 Å². The zero-order chi connectivity index (χ0) is 15.9. The average Bonchev–Trinajstić information content (AvgIpc) is 2.53. The lowest BCUT2D eigenvalue weighted by Crippen LogP contribution is -2.34. The van der Waals surface area contributed by atoms with Gasteiger partial charge in [-0.05, 0) is 55.5 Å². The molecule has 0 bridgehead atoms. The van der Waals surface area contributed by atoms with E-state index in [4.69, 9.17) is 23.2 Å². The molecule has 0 fully saturated rings. The third kappa shape index (κ3) is 4.95. The minimum atomic E-state index is -0.351. The fourth-order valence-electron chi connectivity index (χ4n) is 1.48. The van der Waals surface area contributed by atoms with Gasteiger partial charge in [-0.15, -0.1) is 0 Å². The van der Waals surface area contributed by atoms with Crippen molar-refractivity contribution in [2.24, 2.45) is 5.10 Å². The maximum Gasteiger partial charge on any atom is 0.285 e. The van der Waals surface area contributed by atoms with Crippen LogP contribution in [0.5, 0.6) is 0 Å². The third-order valence-corrected chi connectivity index (χ3v) is 3.19. The Bertz CT molecular complexity index is 669. The van der Waals surface area contributed by atoms with Gasteiger partial charge in [-0.3, -0.25) is 21.1 Å². The van der Waals surface area contributed by atoms with E-state index in [0.29, 0.717) is 10.0 Å². The summed E-state index contributed by atoms with van der Waals surface area (Å²) in [5.74, 6) is -0.351. The first-order chi connectivity index (χ1) is 10.5. The highest BCUT2D eigenvalue weighted by Crippen LogP contribution is 2.13. The van der Waals surface area contributed by atoms with Crippen LogP contribution < -0.4 is 16.3 Å². The van der Waals surface area contributed by atoms with Gasteiger partial charge in [0, 0.05) is 10.0 Å². The number of benzene rings is 2. The van der Waals surface area contributed by atoms with Crippen LogP contribution in [0.1, 0.15) is 6.92 Å². The number of halogens is 2. The molecule has 114 valence electrons. The first kappa shape index (κ1) is 16.1. The zero-order valence-corrected chi connectivity index (χ0v) is 13.2. The second-order valence-corrected chi connectivity index (χ2v) is 5.27. The molecule has 0 aromatic heterocycles. The van der Waals surface area contributed by atoms with Gasteiger partial charge in [0.2, 0.25) is 0 Å². The van der Waals surface area contributed by atoms with Crippen LogP contribution in [0.15, 0.2) is 53.6 Å². The van der Waals surface area contributed by atoms with Crippen molar-refractivity contribution in [2.45, 2.75) is 6.92 Å². The highest BCUT2D eigenvalue weighted by molar-refractivity contribution is 6.38. The Morgan fingerprint density at radius 1 is 0.909 bits per heavy atom. The van der Waals surface area contributed by atoms with Crippen LogP contribution in [-0.2, 0) is 4.79 Å². The molecule has 0 spiro atoms. The van der Waals surface area contributed by atoms with Gasteiger partial charge in [0.1, 0.15) is 5.71 Å². The van der Waals surface area contributed by atoms with Gasteiger partial charge in [0.15, 0.2) is 0 Å². The van der Waals surface area contributed by atoms with Crippen LogP contribution in [-0.4, -0.2) is 11.6 Å². The van der Waals surface area contributed by atoms with Gasteiger partial charge in [0.05, 0.1) is 11.4 Å². The topological polar surface area (TPSA) is 65.5 Å². The fourth-order valence-corrected chi connectivity index (χ4v) is 1.73. The summed E-state index contributed by atoms with van der Waals surface area (Å²) in [6.07, 6.45) is 0. The molecule has 1 amide bonds. The van der Waals surface area contributed by atoms with E-state index < -0.39 is 0 Å². The van der Waals surface area contributed by atoms with Crippen molar-refractivity contribution in [2.75, 3.05) is 10.9 Å².